The van der Waals surface area contributed by atoms with E-state index in [1.165, 1.54) is 18.9 Å². The predicted molar refractivity (Wildman–Crippen MR) is 149 cm³/mol. The molecule has 2 amide bonds. The third-order valence-corrected chi connectivity index (χ3v) is 7.61. The molecule has 2 aliphatic rings. The lowest BCUT2D eigenvalue weighted by Gasteiger charge is -2.34. The highest BCUT2D eigenvalue weighted by atomic mass is 35.5. The molecule has 1 aromatic heterocycles. The van der Waals surface area contributed by atoms with E-state index in [1.807, 2.05) is 11.9 Å². The van der Waals surface area contributed by atoms with Crippen molar-refractivity contribution in [3.05, 3.63) is 79.8 Å². The summed E-state index contributed by atoms with van der Waals surface area (Å²) in [5.74, 6) is -0.494. The Bertz CT molecular complexity index is 1520. The third kappa shape index (κ3) is 4.85. The highest BCUT2D eigenvalue weighted by Crippen LogP contribution is 2.36. The average molecular weight is 572 g/mol. The first-order valence-corrected chi connectivity index (χ1v) is 13.0. The number of carbonyl (C=O) groups excluding carboxylic acids is 2. The highest BCUT2D eigenvalue weighted by molar-refractivity contribution is 6.45. The van der Waals surface area contributed by atoms with E-state index in [-0.39, 0.29) is 28.5 Å². The van der Waals surface area contributed by atoms with E-state index in [2.05, 4.69) is 10.00 Å². The summed E-state index contributed by atoms with van der Waals surface area (Å²) in [7, 11) is 5.02. The second kappa shape index (κ2) is 10.9. The van der Waals surface area contributed by atoms with E-state index >= 15 is 0 Å². The van der Waals surface area contributed by atoms with Crippen molar-refractivity contribution in [2.75, 3.05) is 52.3 Å². The molecular formula is C27H27Cl2N5O5. The molecule has 0 radical (unpaired) electrons. The number of imide groups is 1. The van der Waals surface area contributed by atoms with Crippen molar-refractivity contribution >= 4 is 46.3 Å². The quantitative estimate of drug-likeness (QED) is 0.435. The number of methoxy groups -OCH3 is 2. The van der Waals surface area contributed by atoms with E-state index in [0.29, 0.717) is 54.0 Å². The van der Waals surface area contributed by atoms with Gasteiger partial charge in [-0.2, -0.15) is 0 Å². The lowest BCUT2D eigenvalue weighted by Crippen LogP contribution is -2.46. The number of nitrogens with one attached hydrogen (secondary N) is 1. The molecule has 12 heteroatoms. The Morgan fingerprint density at radius 1 is 0.872 bits per heavy atom. The van der Waals surface area contributed by atoms with Gasteiger partial charge in [-0.1, -0.05) is 23.2 Å². The molecule has 0 saturated carbocycles. The first-order chi connectivity index (χ1) is 18.7. The zero-order valence-corrected chi connectivity index (χ0v) is 23.2. The normalized spacial score (nSPS) is 16.5. The molecule has 0 aliphatic carbocycles. The summed E-state index contributed by atoms with van der Waals surface area (Å²) < 4.78 is 11.9. The highest BCUT2D eigenvalue weighted by Gasteiger charge is 2.45. The monoisotopic (exact) mass is 571 g/mol. The van der Waals surface area contributed by atoms with Crippen LogP contribution in [0.1, 0.15) is 11.3 Å². The standard InChI is InChI=1S/C27H27Cl2N5O5/c1-31-10-12-32(13-11-31)24-23(25(35)33(27(24)37)16-4-7-18(39-3)8-5-16)22-21(15-38-2)30-34(26(22)36)17-6-9-19(28)20(29)14-17/h4-9,14,30H,10-13,15H2,1-3H3. The fraction of sp³-hybridized carbons (Fsp3) is 0.296. The van der Waals surface area contributed by atoms with Gasteiger partial charge in [-0.3, -0.25) is 19.5 Å². The largest absolute Gasteiger partial charge is 0.497 e. The molecule has 1 saturated heterocycles. The van der Waals surface area contributed by atoms with Crippen molar-refractivity contribution in [3.63, 3.8) is 0 Å². The molecule has 0 bridgehead atoms. The number of aromatic nitrogens is 2. The van der Waals surface area contributed by atoms with Crippen LogP contribution in [0.5, 0.6) is 5.75 Å². The van der Waals surface area contributed by atoms with Gasteiger partial charge in [-0.05, 0) is 49.5 Å². The minimum atomic E-state index is -0.589. The lowest BCUT2D eigenvalue weighted by atomic mass is 10.0. The topological polar surface area (TPSA) is 100 Å². The van der Waals surface area contributed by atoms with Crippen LogP contribution < -0.4 is 15.2 Å². The van der Waals surface area contributed by atoms with Gasteiger partial charge in [-0.15, -0.1) is 0 Å². The van der Waals surface area contributed by atoms with Gasteiger partial charge in [0, 0.05) is 33.3 Å². The van der Waals surface area contributed by atoms with Crippen molar-refractivity contribution in [2.24, 2.45) is 0 Å². The maximum absolute atomic E-state index is 14.1. The van der Waals surface area contributed by atoms with Gasteiger partial charge in [0.05, 0.1) is 52.0 Å². The number of hydrogen-bond acceptors (Lipinski definition) is 7. The molecule has 39 heavy (non-hydrogen) atoms. The number of amides is 2. The average Bonchev–Trinajstić information content (AvgIpc) is 3.38. The number of nitrogens with zero attached hydrogens (tertiary/aromatic N) is 4. The smallest absolute Gasteiger partial charge is 0.282 e. The van der Waals surface area contributed by atoms with Crippen molar-refractivity contribution in [1.29, 1.82) is 0 Å². The Kier molecular flexibility index (Phi) is 7.55. The zero-order valence-electron chi connectivity index (χ0n) is 21.7. The fourth-order valence-corrected chi connectivity index (χ4v) is 5.12. The molecule has 10 nitrogen and oxygen atoms in total. The molecule has 5 rings (SSSR count). The molecule has 3 heterocycles. The van der Waals surface area contributed by atoms with Crippen LogP contribution in [0.3, 0.4) is 0 Å². The Balaban J connectivity index is 1.70. The number of carbonyl (C=O) groups is 2. The van der Waals surface area contributed by atoms with E-state index in [9.17, 15) is 14.4 Å². The predicted octanol–water partition coefficient (Wildman–Crippen LogP) is 3.16. The molecule has 0 unspecified atom stereocenters. The van der Waals surface area contributed by atoms with Crippen molar-refractivity contribution in [3.8, 4) is 11.4 Å². The SMILES string of the molecule is COCc1[nH]n(-c2ccc(Cl)c(Cl)c2)c(=O)c1C1=C(N2CCN(C)CC2)C(=O)N(c2ccc(OC)cc2)C1=O. The number of likely N-dealkylation sites (N-methyl/N-ethyl adjacent to an activating group) is 1. The van der Waals surface area contributed by atoms with Crippen LogP contribution in [0.2, 0.25) is 10.0 Å². The van der Waals surface area contributed by atoms with Crippen molar-refractivity contribution in [1.82, 2.24) is 19.6 Å². The summed E-state index contributed by atoms with van der Waals surface area (Å²) in [4.78, 5) is 47.1. The minimum Gasteiger partial charge on any atom is -0.497 e. The molecule has 1 N–H and O–H groups in total. The van der Waals surface area contributed by atoms with Gasteiger partial charge < -0.3 is 19.3 Å². The summed E-state index contributed by atoms with van der Waals surface area (Å²) in [6, 6.07) is 11.4. The second-order valence-electron chi connectivity index (χ2n) is 9.30. The molecule has 1 fully saturated rings. The molecule has 3 aromatic rings. The van der Waals surface area contributed by atoms with Gasteiger partial charge in [0.25, 0.3) is 17.4 Å². The Hall–Kier alpha value is -3.57. The number of rotatable bonds is 7. The van der Waals surface area contributed by atoms with Crippen LogP contribution in [0.25, 0.3) is 11.3 Å². The Morgan fingerprint density at radius 2 is 1.54 bits per heavy atom. The number of ether oxygens (including phenoxy) is 2. The Labute approximate surface area is 234 Å². The van der Waals surface area contributed by atoms with E-state index in [1.54, 1.807) is 42.5 Å². The number of anilines is 1. The molecule has 0 spiro atoms. The number of piperazine rings is 1. The van der Waals surface area contributed by atoms with Gasteiger partial charge >= 0.3 is 0 Å². The van der Waals surface area contributed by atoms with Gasteiger partial charge in [0.15, 0.2) is 0 Å². The molecule has 0 atom stereocenters. The maximum atomic E-state index is 14.1. The van der Waals surface area contributed by atoms with Gasteiger partial charge in [-0.25, -0.2) is 9.58 Å². The number of H-pyrrole nitrogens is 1. The first-order valence-electron chi connectivity index (χ1n) is 12.2. The van der Waals surface area contributed by atoms with Gasteiger partial charge in [0.2, 0.25) is 0 Å². The number of benzene rings is 2. The maximum Gasteiger partial charge on any atom is 0.282 e. The number of halogens is 2. The zero-order chi connectivity index (χ0) is 27.8. The van der Waals surface area contributed by atoms with Crippen LogP contribution in [0.15, 0.2) is 53.0 Å². The summed E-state index contributed by atoms with van der Waals surface area (Å²) in [5.41, 5.74) is 0.940. The molecular weight excluding hydrogens is 545 g/mol. The summed E-state index contributed by atoms with van der Waals surface area (Å²) in [5, 5.41) is 3.65. The van der Waals surface area contributed by atoms with Crippen LogP contribution in [-0.4, -0.2) is 78.8 Å². The van der Waals surface area contributed by atoms with E-state index in [0.717, 1.165) is 4.90 Å². The fourth-order valence-electron chi connectivity index (χ4n) is 4.83. The van der Waals surface area contributed by atoms with Crippen LogP contribution in [0.4, 0.5) is 5.69 Å². The van der Waals surface area contributed by atoms with Crippen LogP contribution in [-0.2, 0) is 20.9 Å². The lowest BCUT2D eigenvalue weighted by molar-refractivity contribution is -0.120. The first kappa shape index (κ1) is 27.0. The summed E-state index contributed by atoms with van der Waals surface area (Å²) >= 11 is 12.3. The van der Waals surface area contributed by atoms with Crippen LogP contribution in [0, 0.1) is 0 Å². The van der Waals surface area contributed by atoms with E-state index < -0.39 is 17.4 Å². The molecule has 204 valence electrons. The number of hydrogen-bond donors (Lipinski definition) is 1. The minimum absolute atomic E-state index is 0.00240. The third-order valence-electron chi connectivity index (χ3n) is 6.88. The Morgan fingerprint density at radius 3 is 2.15 bits per heavy atom. The summed E-state index contributed by atoms with van der Waals surface area (Å²) in [6.07, 6.45) is 0. The summed E-state index contributed by atoms with van der Waals surface area (Å²) in [6.45, 7) is 2.45. The second-order valence-corrected chi connectivity index (χ2v) is 10.1. The van der Waals surface area contributed by atoms with Crippen LogP contribution >= 0.6 is 23.2 Å². The van der Waals surface area contributed by atoms with E-state index in [4.69, 9.17) is 32.7 Å². The molecule has 2 aromatic carbocycles. The van der Waals surface area contributed by atoms with Crippen molar-refractivity contribution < 1.29 is 19.1 Å². The van der Waals surface area contributed by atoms with Crippen molar-refractivity contribution in [2.45, 2.75) is 6.61 Å². The molecule has 2 aliphatic heterocycles. The number of aromatic amines is 1. The van der Waals surface area contributed by atoms with Gasteiger partial charge in [0.1, 0.15) is 11.4 Å².